The molecule has 5 rings (SSSR count). The number of morpholine rings is 1. The highest BCUT2D eigenvalue weighted by Crippen LogP contribution is 2.27. The van der Waals surface area contributed by atoms with Gasteiger partial charge in [0.05, 0.1) is 35.8 Å². The van der Waals surface area contributed by atoms with E-state index in [1.165, 1.54) is 16.9 Å². The molecule has 4 aromatic rings. The molecule has 2 aromatic heterocycles. The minimum absolute atomic E-state index is 0.120. The van der Waals surface area contributed by atoms with E-state index >= 15 is 0 Å². The fourth-order valence-corrected chi connectivity index (χ4v) is 5.09. The number of carbonyl (C=O) groups is 1. The van der Waals surface area contributed by atoms with E-state index in [2.05, 4.69) is 49.8 Å². The molecule has 0 bridgehead atoms. The largest absolute Gasteiger partial charge is 0.497 e. The molecule has 1 fully saturated rings. The van der Waals surface area contributed by atoms with Gasteiger partial charge in [-0.1, -0.05) is 24.3 Å². The van der Waals surface area contributed by atoms with Crippen LogP contribution in [0.2, 0.25) is 0 Å². The molecule has 0 unspecified atom stereocenters. The van der Waals surface area contributed by atoms with Crippen LogP contribution in [0.1, 0.15) is 20.8 Å². The summed E-state index contributed by atoms with van der Waals surface area (Å²) in [4.78, 5) is 25.7. The normalized spacial score (nSPS) is 13.7. The number of rotatable bonds is 10. The number of hydrogen-bond donors (Lipinski definition) is 2. The topological polar surface area (TPSA) is 88.6 Å². The first kappa shape index (κ1) is 25.8. The van der Waals surface area contributed by atoms with Crippen LogP contribution in [0.4, 0.5) is 11.6 Å². The molecule has 2 aromatic carbocycles. The van der Waals surface area contributed by atoms with Crippen LogP contribution in [-0.2, 0) is 17.7 Å². The number of nitrogens with one attached hydrogen (secondary N) is 2. The van der Waals surface area contributed by atoms with E-state index < -0.39 is 0 Å². The first-order valence-corrected chi connectivity index (χ1v) is 13.5. The average Bonchev–Trinajstić information content (AvgIpc) is 3.47. The third-order valence-electron chi connectivity index (χ3n) is 6.36. The molecule has 1 aliphatic rings. The highest BCUT2D eigenvalue weighted by Gasteiger charge is 2.13. The van der Waals surface area contributed by atoms with Crippen molar-refractivity contribution in [3.8, 4) is 16.3 Å². The second-order valence-corrected chi connectivity index (χ2v) is 10.1. The maximum atomic E-state index is 12.7. The third-order valence-corrected chi connectivity index (χ3v) is 7.46. The quantitative estimate of drug-likeness (QED) is 0.306. The predicted octanol–water partition coefficient (Wildman–Crippen LogP) is 4.76. The second kappa shape index (κ2) is 12.6. The number of methoxy groups -OCH3 is 1. The molecule has 0 saturated carbocycles. The Balaban J connectivity index is 1.16. The summed E-state index contributed by atoms with van der Waals surface area (Å²) in [5, 5.41) is 6.26. The predicted molar refractivity (Wildman–Crippen MR) is 150 cm³/mol. The monoisotopic (exact) mass is 529 g/mol. The fourth-order valence-electron chi connectivity index (χ4n) is 4.20. The van der Waals surface area contributed by atoms with E-state index in [-0.39, 0.29) is 5.91 Å². The number of nitrogens with zero attached hydrogens (tertiary/aromatic N) is 3. The Kier molecular flexibility index (Phi) is 8.60. The van der Waals surface area contributed by atoms with Crippen LogP contribution >= 0.6 is 11.3 Å². The molecule has 196 valence electrons. The summed E-state index contributed by atoms with van der Waals surface area (Å²) in [6.07, 6.45) is 2.74. The number of amides is 1. The van der Waals surface area contributed by atoms with Crippen LogP contribution in [-0.4, -0.2) is 60.7 Å². The van der Waals surface area contributed by atoms with Gasteiger partial charge in [-0.15, -0.1) is 11.3 Å². The summed E-state index contributed by atoms with van der Waals surface area (Å²) >= 11 is 1.40. The molecule has 1 aliphatic heterocycles. The summed E-state index contributed by atoms with van der Waals surface area (Å²) in [5.74, 6) is 1.16. The Hall–Kier alpha value is -3.79. The number of carbonyl (C=O) groups excluding carboxylic acids is 1. The van der Waals surface area contributed by atoms with Gasteiger partial charge in [-0.05, 0) is 60.0 Å². The Morgan fingerprint density at radius 3 is 2.71 bits per heavy atom. The molecule has 9 heteroatoms. The van der Waals surface area contributed by atoms with Crippen molar-refractivity contribution in [2.75, 3.05) is 45.3 Å². The average molecular weight is 530 g/mol. The number of aromatic nitrogens is 2. The Bertz CT molecular complexity index is 1350. The molecular formula is C29H31N5O3S. The second-order valence-electron chi connectivity index (χ2n) is 8.99. The van der Waals surface area contributed by atoms with Gasteiger partial charge in [0.2, 0.25) is 5.95 Å². The minimum Gasteiger partial charge on any atom is -0.497 e. The molecule has 1 saturated heterocycles. The standard InChI is InChI=1S/C29H31N5O3S/c1-36-24-4-2-3-22(19-24)20-31-28(35)27-10-9-26(38-27)25-11-13-30-29(33-25)32-23-7-5-21(6-8-23)12-14-34-15-17-37-18-16-34/h2-11,13,19H,12,14-18,20H2,1H3,(H,31,35)(H,30,32,33). The number of ether oxygens (including phenoxy) is 2. The molecule has 2 N–H and O–H groups in total. The zero-order chi connectivity index (χ0) is 26.2. The summed E-state index contributed by atoms with van der Waals surface area (Å²) < 4.78 is 10.7. The lowest BCUT2D eigenvalue weighted by atomic mass is 10.1. The van der Waals surface area contributed by atoms with E-state index in [0.29, 0.717) is 17.4 Å². The van der Waals surface area contributed by atoms with Crippen molar-refractivity contribution in [2.45, 2.75) is 13.0 Å². The highest BCUT2D eigenvalue weighted by atomic mass is 32.1. The highest BCUT2D eigenvalue weighted by molar-refractivity contribution is 7.17. The van der Waals surface area contributed by atoms with Gasteiger partial charge >= 0.3 is 0 Å². The van der Waals surface area contributed by atoms with E-state index in [1.54, 1.807) is 13.3 Å². The number of benzene rings is 2. The summed E-state index contributed by atoms with van der Waals surface area (Å²) in [6, 6.07) is 21.6. The summed E-state index contributed by atoms with van der Waals surface area (Å²) in [5.41, 5.74) is 3.97. The molecule has 8 nitrogen and oxygen atoms in total. The van der Waals surface area contributed by atoms with E-state index in [0.717, 1.165) is 66.8 Å². The van der Waals surface area contributed by atoms with Crippen LogP contribution in [0.25, 0.3) is 10.6 Å². The van der Waals surface area contributed by atoms with E-state index in [4.69, 9.17) is 9.47 Å². The van der Waals surface area contributed by atoms with Crippen LogP contribution in [0.5, 0.6) is 5.75 Å². The molecule has 0 atom stereocenters. The first-order chi connectivity index (χ1) is 18.7. The van der Waals surface area contributed by atoms with Gasteiger partial charge in [-0.25, -0.2) is 9.97 Å². The third kappa shape index (κ3) is 6.95. The summed E-state index contributed by atoms with van der Waals surface area (Å²) in [7, 11) is 1.63. The van der Waals surface area contributed by atoms with Crippen LogP contribution < -0.4 is 15.4 Å². The van der Waals surface area contributed by atoms with E-state index in [9.17, 15) is 4.79 Å². The van der Waals surface area contributed by atoms with Gasteiger partial charge in [0.1, 0.15) is 5.75 Å². The Morgan fingerprint density at radius 2 is 1.89 bits per heavy atom. The van der Waals surface area contributed by atoms with E-state index in [1.807, 2.05) is 42.5 Å². The number of hydrogen-bond acceptors (Lipinski definition) is 8. The SMILES string of the molecule is COc1cccc(CNC(=O)c2ccc(-c3ccnc(Nc4ccc(CCN5CCOCC5)cc4)n3)s2)c1. The molecule has 38 heavy (non-hydrogen) atoms. The molecular weight excluding hydrogens is 498 g/mol. The Morgan fingerprint density at radius 1 is 1.05 bits per heavy atom. The maximum absolute atomic E-state index is 12.7. The Labute approximate surface area is 226 Å². The van der Waals surface area contributed by atoms with Crippen molar-refractivity contribution in [3.63, 3.8) is 0 Å². The lowest BCUT2D eigenvalue weighted by Gasteiger charge is -2.26. The van der Waals surface area contributed by atoms with Gasteiger partial charge in [-0.3, -0.25) is 9.69 Å². The van der Waals surface area contributed by atoms with Crippen molar-refractivity contribution in [1.29, 1.82) is 0 Å². The molecule has 0 radical (unpaired) electrons. The molecule has 0 aliphatic carbocycles. The molecule has 3 heterocycles. The zero-order valence-corrected chi connectivity index (χ0v) is 22.2. The van der Waals surface area contributed by atoms with Crippen molar-refractivity contribution >= 4 is 28.9 Å². The van der Waals surface area contributed by atoms with Crippen LogP contribution in [0, 0.1) is 0 Å². The number of anilines is 2. The lowest BCUT2D eigenvalue weighted by molar-refractivity contribution is 0.0384. The fraction of sp³-hybridized carbons (Fsp3) is 0.276. The van der Waals surface area contributed by atoms with Gasteiger partial charge < -0.3 is 20.1 Å². The van der Waals surface area contributed by atoms with Crippen LogP contribution in [0.3, 0.4) is 0 Å². The minimum atomic E-state index is -0.120. The van der Waals surface area contributed by atoms with Gasteiger partial charge in [0.15, 0.2) is 0 Å². The molecule has 0 spiro atoms. The van der Waals surface area contributed by atoms with Crippen molar-refractivity contribution < 1.29 is 14.3 Å². The maximum Gasteiger partial charge on any atom is 0.261 e. The molecule has 1 amide bonds. The van der Waals surface area contributed by atoms with Crippen LogP contribution in [0.15, 0.2) is 72.9 Å². The smallest absolute Gasteiger partial charge is 0.261 e. The van der Waals surface area contributed by atoms with Gasteiger partial charge in [-0.2, -0.15) is 0 Å². The number of thiophene rings is 1. The lowest BCUT2D eigenvalue weighted by Crippen LogP contribution is -2.37. The van der Waals surface area contributed by atoms with Crippen molar-refractivity contribution in [2.24, 2.45) is 0 Å². The van der Waals surface area contributed by atoms with Crippen molar-refractivity contribution in [1.82, 2.24) is 20.2 Å². The first-order valence-electron chi connectivity index (χ1n) is 12.7. The van der Waals surface area contributed by atoms with Gasteiger partial charge in [0.25, 0.3) is 5.91 Å². The van der Waals surface area contributed by atoms with Crippen molar-refractivity contribution in [3.05, 3.63) is 88.9 Å². The van der Waals surface area contributed by atoms with Gasteiger partial charge in [0, 0.05) is 38.1 Å². The summed E-state index contributed by atoms with van der Waals surface area (Å²) in [6.45, 7) is 5.14. The zero-order valence-electron chi connectivity index (χ0n) is 21.4.